The van der Waals surface area contributed by atoms with E-state index in [1.54, 1.807) is 12.1 Å². The molecule has 0 bridgehead atoms. The molecule has 1 saturated carbocycles. The number of fused-ring (bicyclic) bond motifs is 1. The van der Waals surface area contributed by atoms with Crippen molar-refractivity contribution in [1.29, 1.82) is 0 Å². The number of H-pyrrole nitrogens is 1. The fourth-order valence-corrected chi connectivity index (χ4v) is 4.38. The lowest BCUT2D eigenvalue weighted by molar-refractivity contribution is -0.130. The van der Waals surface area contributed by atoms with Crippen molar-refractivity contribution >= 4 is 16.9 Å². The number of aromatic nitrogens is 3. The number of piperidine rings is 1. The number of amides is 1. The van der Waals surface area contributed by atoms with E-state index in [0.29, 0.717) is 22.3 Å². The molecule has 1 saturated heterocycles. The molecular formula is C22H22N4O2. The van der Waals surface area contributed by atoms with E-state index in [4.69, 9.17) is 0 Å². The van der Waals surface area contributed by atoms with Gasteiger partial charge in [0.15, 0.2) is 5.65 Å². The minimum absolute atomic E-state index is 0.00419. The lowest BCUT2D eigenvalue weighted by Gasteiger charge is -2.39. The molecule has 0 radical (unpaired) electrons. The second-order valence-electron chi connectivity index (χ2n) is 7.98. The smallest absolute Gasteiger partial charge is 0.246 e. The lowest BCUT2D eigenvalue weighted by Crippen LogP contribution is -2.41. The summed E-state index contributed by atoms with van der Waals surface area (Å²) in [6.45, 7) is 4.43. The van der Waals surface area contributed by atoms with Crippen molar-refractivity contribution in [3.63, 3.8) is 0 Å². The second kappa shape index (κ2) is 6.19. The standard InChI is InChI=1S/C22H22N4O2/c1-2-20(28)26-10-9-22(7-8-22)13-18(26)17-12-14-11-16(24-25-21(14)23-17)15-5-3-4-6-19(15)27/h2-6,11-12,18,27H,1,7-10,13H2,(H,23,25). The zero-order valence-corrected chi connectivity index (χ0v) is 15.6. The molecular weight excluding hydrogens is 352 g/mol. The van der Waals surface area contributed by atoms with Crippen LogP contribution >= 0.6 is 0 Å². The Hall–Kier alpha value is -3.15. The Morgan fingerprint density at radius 2 is 2.07 bits per heavy atom. The summed E-state index contributed by atoms with van der Waals surface area (Å²) in [5.74, 6) is 0.151. The molecule has 1 unspecified atom stereocenters. The molecule has 1 aromatic carbocycles. The van der Waals surface area contributed by atoms with Gasteiger partial charge in [0.2, 0.25) is 5.91 Å². The predicted octanol–water partition coefficient (Wildman–Crippen LogP) is 3.96. The number of aromatic amines is 1. The van der Waals surface area contributed by atoms with Gasteiger partial charge in [-0.05, 0) is 61.4 Å². The maximum atomic E-state index is 12.4. The third-order valence-electron chi connectivity index (χ3n) is 6.24. The van der Waals surface area contributed by atoms with Crippen molar-refractivity contribution in [3.05, 3.63) is 54.7 Å². The van der Waals surface area contributed by atoms with Gasteiger partial charge < -0.3 is 15.0 Å². The first kappa shape index (κ1) is 17.0. The molecule has 2 aromatic heterocycles. The van der Waals surface area contributed by atoms with Gasteiger partial charge in [0.05, 0.1) is 11.7 Å². The lowest BCUT2D eigenvalue weighted by atomic mass is 9.86. The average Bonchev–Trinajstić information content (AvgIpc) is 3.32. The first-order valence-corrected chi connectivity index (χ1v) is 9.66. The van der Waals surface area contributed by atoms with E-state index in [1.165, 1.54) is 18.9 Å². The third-order valence-corrected chi connectivity index (χ3v) is 6.24. The van der Waals surface area contributed by atoms with Crippen LogP contribution in [0, 0.1) is 5.41 Å². The molecule has 2 fully saturated rings. The summed E-state index contributed by atoms with van der Waals surface area (Å²) < 4.78 is 0. The van der Waals surface area contributed by atoms with Crippen LogP contribution in [0.2, 0.25) is 0 Å². The molecule has 6 heteroatoms. The molecule has 3 aromatic rings. The molecule has 2 aliphatic rings. The van der Waals surface area contributed by atoms with Crippen molar-refractivity contribution in [2.75, 3.05) is 6.54 Å². The molecule has 1 atom stereocenters. The number of rotatable bonds is 3. The molecule has 142 valence electrons. The number of likely N-dealkylation sites (tertiary alicyclic amines) is 1. The average molecular weight is 374 g/mol. The fraction of sp³-hybridized carbons (Fsp3) is 0.318. The van der Waals surface area contributed by atoms with Crippen molar-refractivity contribution < 1.29 is 9.90 Å². The summed E-state index contributed by atoms with van der Waals surface area (Å²) in [4.78, 5) is 17.7. The number of benzene rings is 1. The number of phenols is 1. The number of phenolic OH excluding ortho intramolecular Hbond substituents is 1. The first-order valence-electron chi connectivity index (χ1n) is 9.66. The molecule has 28 heavy (non-hydrogen) atoms. The number of nitrogens with zero attached hydrogens (tertiary/aromatic N) is 3. The summed E-state index contributed by atoms with van der Waals surface area (Å²) in [5, 5.41) is 19.6. The van der Waals surface area contributed by atoms with Crippen molar-refractivity contribution in [2.45, 2.75) is 31.7 Å². The molecule has 5 rings (SSSR count). The molecule has 3 heterocycles. The zero-order chi connectivity index (χ0) is 19.3. The Kier molecular flexibility index (Phi) is 3.75. The van der Waals surface area contributed by atoms with Crippen LogP contribution in [0.1, 0.15) is 37.4 Å². The highest BCUT2D eigenvalue weighted by Crippen LogP contribution is 2.58. The van der Waals surface area contributed by atoms with E-state index in [0.717, 1.165) is 30.5 Å². The number of aromatic hydroxyl groups is 1. The molecule has 2 N–H and O–H groups in total. The van der Waals surface area contributed by atoms with Crippen molar-refractivity contribution in [1.82, 2.24) is 20.1 Å². The summed E-state index contributed by atoms with van der Waals surface area (Å²) in [6, 6.07) is 11.1. The van der Waals surface area contributed by atoms with Gasteiger partial charge in [-0.3, -0.25) is 4.79 Å². The van der Waals surface area contributed by atoms with E-state index in [9.17, 15) is 9.90 Å². The Morgan fingerprint density at radius 3 is 2.82 bits per heavy atom. The Bertz CT molecular complexity index is 1080. The number of hydrogen-bond donors (Lipinski definition) is 2. The van der Waals surface area contributed by atoms with Gasteiger partial charge in [0.25, 0.3) is 0 Å². The highest BCUT2D eigenvalue weighted by Gasteiger charge is 2.49. The summed E-state index contributed by atoms with van der Waals surface area (Å²) in [6.07, 6.45) is 5.94. The molecule has 1 aliphatic heterocycles. The quantitative estimate of drug-likeness (QED) is 0.680. The Labute approximate surface area is 162 Å². The van der Waals surface area contributed by atoms with E-state index in [1.807, 2.05) is 23.1 Å². The van der Waals surface area contributed by atoms with Crippen LogP contribution in [-0.4, -0.2) is 37.6 Å². The topological polar surface area (TPSA) is 82.1 Å². The van der Waals surface area contributed by atoms with Gasteiger partial charge in [0.1, 0.15) is 5.75 Å². The maximum Gasteiger partial charge on any atom is 0.246 e. The minimum Gasteiger partial charge on any atom is -0.507 e. The first-order chi connectivity index (χ1) is 13.6. The SMILES string of the molecule is C=CC(=O)N1CCC2(CC2)CC1c1cc2cc(-c3ccccc3O)nnc2[nH]1. The fourth-order valence-electron chi connectivity index (χ4n) is 4.38. The van der Waals surface area contributed by atoms with Gasteiger partial charge in [-0.1, -0.05) is 18.7 Å². The zero-order valence-electron chi connectivity index (χ0n) is 15.6. The monoisotopic (exact) mass is 374 g/mol. The van der Waals surface area contributed by atoms with Gasteiger partial charge in [0, 0.05) is 23.2 Å². The van der Waals surface area contributed by atoms with Crippen LogP contribution in [0.4, 0.5) is 0 Å². The highest BCUT2D eigenvalue weighted by atomic mass is 16.3. The van der Waals surface area contributed by atoms with E-state index < -0.39 is 0 Å². The van der Waals surface area contributed by atoms with Crippen LogP contribution in [0.25, 0.3) is 22.3 Å². The minimum atomic E-state index is -0.0277. The Morgan fingerprint density at radius 1 is 1.25 bits per heavy atom. The number of nitrogens with one attached hydrogen (secondary N) is 1. The summed E-state index contributed by atoms with van der Waals surface area (Å²) >= 11 is 0. The van der Waals surface area contributed by atoms with Gasteiger partial charge in [-0.15, -0.1) is 10.2 Å². The normalized spacial score (nSPS) is 20.4. The van der Waals surface area contributed by atoms with Crippen LogP contribution in [0.5, 0.6) is 5.75 Å². The van der Waals surface area contributed by atoms with E-state index in [2.05, 4.69) is 27.8 Å². The van der Waals surface area contributed by atoms with Crippen LogP contribution in [0.15, 0.2) is 49.1 Å². The van der Waals surface area contributed by atoms with Gasteiger partial charge >= 0.3 is 0 Å². The summed E-state index contributed by atoms with van der Waals surface area (Å²) in [7, 11) is 0. The molecule has 1 amide bonds. The highest BCUT2D eigenvalue weighted by molar-refractivity contribution is 5.88. The molecule has 1 spiro atoms. The van der Waals surface area contributed by atoms with Crippen LogP contribution < -0.4 is 0 Å². The number of para-hydroxylation sites is 1. The maximum absolute atomic E-state index is 12.4. The van der Waals surface area contributed by atoms with Crippen LogP contribution in [0.3, 0.4) is 0 Å². The van der Waals surface area contributed by atoms with Crippen molar-refractivity contribution in [2.24, 2.45) is 5.41 Å². The van der Waals surface area contributed by atoms with E-state index >= 15 is 0 Å². The molecule has 1 aliphatic carbocycles. The Balaban J connectivity index is 1.54. The number of carbonyl (C=O) groups is 1. The predicted molar refractivity (Wildman–Crippen MR) is 107 cm³/mol. The third kappa shape index (κ3) is 2.76. The van der Waals surface area contributed by atoms with Crippen LogP contribution in [-0.2, 0) is 4.79 Å². The number of carbonyl (C=O) groups excluding carboxylic acids is 1. The summed E-state index contributed by atoms with van der Waals surface area (Å²) in [5.41, 5.74) is 3.35. The largest absolute Gasteiger partial charge is 0.507 e. The van der Waals surface area contributed by atoms with Crippen molar-refractivity contribution in [3.8, 4) is 17.0 Å². The number of hydrogen-bond acceptors (Lipinski definition) is 4. The molecule has 6 nitrogen and oxygen atoms in total. The van der Waals surface area contributed by atoms with E-state index in [-0.39, 0.29) is 17.7 Å². The van der Waals surface area contributed by atoms with Gasteiger partial charge in [-0.25, -0.2) is 0 Å². The van der Waals surface area contributed by atoms with Gasteiger partial charge in [-0.2, -0.15) is 0 Å². The second-order valence-corrected chi connectivity index (χ2v) is 7.98.